The lowest BCUT2D eigenvalue weighted by molar-refractivity contribution is 0.108. The van der Waals surface area contributed by atoms with Crippen molar-refractivity contribution in [2.24, 2.45) is 0 Å². The molecule has 3 aromatic carbocycles. The molecule has 35 heavy (non-hydrogen) atoms. The summed E-state index contributed by atoms with van der Waals surface area (Å²) in [6.45, 7) is 4.08. The monoisotopic (exact) mass is 496 g/mol. The first-order valence-corrected chi connectivity index (χ1v) is 12.0. The highest BCUT2D eigenvalue weighted by Crippen LogP contribution is 2.51. The summed E-state index contributed by atoms with van der Waals surface area (Å²) < 4.78 is 28.4. The number of hydrogen-bond donors (Lipinski definition) is 0. The van der Waals surface area contributed by atoms with E-state index in [1.807, 2.05) is 44.2 Å². The summed E-state index contributed by atoms with van der Waals surface area (Å²) in [5.74, 6) is 3.14. The van der Waals surface area contributed by atoms with Crippen molar-refractivity contribution < 1.29 is 28.5 Å². The maximum absolute atomic E-state index is 13.4. The second-order valence-corrected chi connectivity index (χ2v) is 9.24. The first-order valence-electron chi connectivity index (χ1n) is 11.2. The zero-order valence-electron chi connectivity index (χ0n) is 21.3. The van der Waals surface area contributed by atoms with Gasteiger partial charge in [-0.3, -0.25) is 4.79 Å². The van der Waals surface area contributed by atoms with E-state index in [9.17, 15) is 4.79 Å². The van der Waals surface area contributed by atoms with E-state index in [1.54, 1.807) is 47.7 Å². The maximum Gasteiger partial charge on any atom is 0.220 e. The van der Waals surface area contributed by atoms with E-state index >= 15 is 0 Å². The smallest absolute Gasteiger partial charge is 0.220 e. The molecule has 0 saturated carbocycles. The Bertz CT molecular complexity index is 1230. The van der Waals surface area contributed by atoms with Crippen LogP contribution in [0.5, 0.6) is 28.7 Å². The normalized spacial score (nSPS) is 11.5. The minimum atomic E-state index is -0.243. The fraction of sp³-hybridized carbons (Fsp3) is 0.321. The van der Waals surface area contributed by atoms with E-state index < -0.39 is 0 Å². The summed E-state index contributed by atoms with van der Waals surface area (Å²) in [6.07, 6.45) is 2.75. The molecular formula is C28H32O6S. The number of allylic oxidation sites excluding steroid dienone is 2. The van der Waals surface area contributed by atoms with Gasteiger partial charge >= 0.3 is 0 Å². The lowest BCUT2D eigenvalue weighted by Gasteiger charge is -2.23. The van der Waals surface area contributed by atoms with Crippen LogP contribution in [0.15, 0.2) is 54.1 Å². The predicted octanol–water partition coefficient (Wildman–Crippen LogP) is 6.85. The number of thioether (sulfide) groups is 1. The van der Waals surface area contributed by atoms with Gasteiger partial charge in [0.05, 0.1) is 46.3 Å². The molecule has 0 aliphatic carbocycles. The molecular weight excluding hydrogens is 464 g/mol. The topological polar surface area (TPSA) is 63.2 Å². The molecule has 0 aromatic heterocycles. The van der Waals surface area contributed by atoms with Crippen molar-refractivity contribution in [3.8, 4) is 28.7 Å². The summed E-state index contributed by atoms with van der Waals surface area (Å²) in [6, 6.07) is 12.8. The summed E-state index contributed by atoms with van der Waals surface area (Å²) in [4.78, 5) is 13.4. The summed E-state index contributed by atoms with van der Waals surface area (Å²) in [5, 5.41) is 1.18. The lowest BCUT2D eigenvalue weighted by atomic mass is 9.98. The standard InChI is InChI=1S/C28H32O6S/c1-17(2)11-14-24(35-28(29)18-9-8-10-19(15-18)30-3)20-16-23(33-6)25-21(31-4)12-13-22(32-5)26(25)27(20)34-7/h8-13,15-16,24H,14H2,1-7H3. The number of rotatable bonds is 10. The van der Waals surface area contributed by atoms with Crippen LogP contribution in [0.4, 0.5) is 0 Å². The zero-order valence-corrected chi connectivity index (χ0v) is 22.1. The molecule has 1 atom stereocenters. The second kappa shape index (κ2) is 11.9. The van der Waals surface area contributed by atoms with Gasteiger partial charge in [-0.05, 0) is 50.6 Å². The maximum atomic E-state index is 13.4. The molecule has 0 fully saturated rings. The molecule has 0 saturated heterocycles. The third kappa shape index (κ3) is 5.68. The van der Waals surface area contributed by atoms with E-state index in [2.05, 4.69) is 6.08 Å². The number of carbonyl (C=O) groups excluding carboxylic acids is 1. The van der Waals surface area contributed by atoms with Crippen molar-refractivity contribution in [1.29, 1.82) is 0 Å². The Morgan fingerprint density at radius 1 is 0.829 bits per heavy atom. The molecule has 1 unspecified atom stereocenters. The number of methoxy groups -OCH3 is 5. The number of ether oxygens (including phenoxy) is 5. The van der Waals surface area contributed by atoms with Crippen LogP contribution in [-0.2, 0) is 0 Å². The summed E-state index contributed by atoms with van der Waals surface area (Å²) in [5.41, 5.74) is 2.57. The van der Waals surface area contributed by atoms with Crippen LogP contribution >= 0.6 is 11.8 Å². The van der Waals surface area contributed by atoms with Gasteiger partial charge in [0, 0.05) is 16.4 Å². The molecule has 0 bridgehead atoms. The third-order valence-corrected chi connectivity index (χ3v) is 6.84. The number of carbonyl (C=O) groups is 1. The molecule has 186 valence electrons. The highest BCUT2D eigenvalue weighted by molar-refractivity contribution is 8.14. The Morgan fingerprint density at radius 2 is 1.49 bits per heavy atom. The third-order valence-electron chi connectivity index (χ3n) is 5.66. The van der Waals surface area contributed by atoms with Crippen molar-refractivity contribution in [3.05, 3.63) is 65.2 Å². The van der Waals surface area contributed by atoms with Crippen LogP contribution in [0.25, 0.3) is 10.8 Å². The fourth-order valence-corrected chi connectivity index (χ4v) is 4.96. The van der Waals surface area contributed by atoms with Crippen LogP contribution in [0.3, 0.4) is 0 Å². The SMILES string of the molecule is COc1cccc(C(=O)SC(CC=C(C)C)c2cc(OC)c3c(OC)ccc(OC)c3c2OC)c1. The molecule has 3 aromatic rings. The molecule has 0 radical (unpaired) electrons. The van der Waals surface area contributed by atoms with Crippen molar-refractivity contribution in [2.45, 2.75) is 25.5 Å². The number of benzene rings is 3. The van der Waals surface area contributed by atoms with Gasteiger partial charge in [0.1, 0.15) is 28.7 Å². The number of hydrogen-bond acceptors (Lipinski definition) is 7. The van der Waals surface area contributed by atoms with Crippen LogP contribution in [0.2, 0.25) is 0 Å². The molecule has 0 heterocycles. The minimum absolute atomic E-state index is 0.0604. The lowest BCUT2D eigenvalue weighted by Crippen LogP contribution is -2.05. The van der Waals surface area contributed by atoms with Crippen LogP contribution in [-0.4, -0.2) is 40.7 Å². The average molecular weight is 497 g/mol. The molecule has 0 amide bonds. The highest BCUT2D eigenvalue weighted by Gasteiger charge is 2.27. The van der Waals surface area contributed by atoms with Crippen LogP contribution in [0.1, 0.15) is 41.4 Å². The minimum Gasteiger partial charge on any atom is -0.497 e. The van der Waals surface area contributed by atoms with Gasteiger partial charge in [-0.1, -0.05) is 35.5 Å². The zero-order chi connectivity index (χ0) is 25.5. The fourth-order valence-electron chi connectivity index (χ4n) is 3.95. The van der Waals surface area contributed by atoms with Gasteiger partial charge in [-0.2, -0.15) is 0 Å². The largest absolute Gasteiger partial charge is 0.497 e. The van der Waals surface area contributed by atoms with E-state index in [-0.39, 0.29) is 10.4 Å². The van der Waals surface area contributed by atoms with Crippen molar-refractivity contribution in [1.82, 2.24) is 0 Å². The molecule has 3 rings (SSSR count). The Labute approximate surface area is 211 Å². The molecule has 0 aliphatic heterocycles. The molecule has 0 N–H and O–H groups in total. The van der Waals surface area contributed by atoms with E-state index in [0.29, 0.717) is 40.7 Å². The Hall–Kier alpha value is -3.32. The molecule has 7 heteroatoms. The van der Waals surface area contributed by atoms with Crippen molar-refractivity contribution in [3.63, 3.8) is 0 Å². The molecule has 0 spiro atoms. The first-order chi connectivity index (χ1) is 16.9. The summed E-state index contributed by atoms with van der Waals surface area (Å²) >= 11 is 1.25. The average Bonchev–Trinajstić information content (AvgIpc) is 2.89. The Balaban J connectivity index is 2.22. The number of fused-ring (bicyclic) bond motifs is 1. The van der Waals surface area contributed by atoms with Gasteiger partial charge in [0.15, 0.2) is 0 Å². The molecule has 0 aliphatic rings. The second-order valence-electron chi connectivity index (χ2n) is 8.06. The quantitative estimate of drug-likeness (QED) is 0.284. The van der Waals surface area contributed by atoms with Gasteiger partial charge in [-0.15, -0.1) is 0 Å². The van der Waals surface area contributed by atoms with Crippen LogP contribution < -0.4 is 23.7 Å². The first kappa shape index (κ1) is 26.3. The van der Waals surface area contributed by atoms with E-state index in [4.69, 9.17) is 23.7 Å². The van der Waals surface area contributed by atoms with Crippen molar-refractivity contribution >= 4 is 27.6 Å². The van der Waals surface area contributed by atoms with E-state index in [1.165, 1.54) is 11.8 Å². The molecule has 6 nitrogen and oxygen atoms in total. The Morgan fingerprint density at radius 3 is 2.06 bits per heavy atom. The highest BCUT2D eigenvalue weighted by atomic mass is 32.2. The van der Waals surface area contributed by atoms with E-state index in [0.717, 1.165) is 21.9 Å². The van der Waals surface area contributed by atoms with Gasteiger partial charge < -0.3 is 23.7 Å². The summed E-state index contributed by atoms with van der Waals surface area (Å²) in [7, 11) is 8.05. The van der Waals surface area contributed by atoms with Gasteiger partial charge in [0.2, 0.25) is 5.12 Å². The van der Waals surface area contributed by atoms with Crippen LogP contribution in [0, 0.1) is 0 Å². The van der Waals surface area contributed by atoms with Gasteiger partial charge in [-0.25, -0.2) is 0 Å². The van der Waals surface area contributed by atoms with Crippen molar-refractivity contribution in [2.75, 3.05) is 35.5 Å². The predicted molar refractivity (Wildman–Crippen MR) is 142 cm³/mol. The van der Waals surface area contributed by atoms with Gasteiger partial charge in [0.25, 0.3) is 0 Å². The Kier molecular flexibility index (Phi) is 8.93.